The Morgan fingerprint density at radius 1 is 1.00 bits per heavy atom. The van der Waals surface area contributed by atoms with Crippen LogP contribution in [0.3, 0.4) is 0 Å². The maximum atomic E-state index is 12.1. The van der Waals surface area contributed by atoms with E-state index < -0.39 is 0 Å². The second-order valence-corrected chi connectivity index (χ2v) is 5.29. The quantitative estimate of drug-likeness (QED) is 0.633. The Balaban J connectivity index is 1.71. The van der Waals surface area contributed by atoms with Crippen LogP contribution in [0.25, 0.3) is 10.8 Å². The molecule has 0 N–H and O–H groups in total. The summed E-state index contributed by atoms with van der Waals surface area (Å²) in [5, 5.41) is 2.08. The molecule has 1 saturated heterocycles. The third-order valence-corrected chi connectivity index (χ3v) is 3.77. The molecule has 1 heterocycles. The van der Waals surface area contributed by atoms with E-state index in [-0.39, 0.29) is 5.97 Å². The number of nitrogens with zero attached hydrogens (tertiary/aromatic N) is 1. The Labute approximate surface area is 119 Å². The molecular weight excluding hydrogens is 250 g/mol. The smallest absolute Gasteiger partial charge is 0.325 e. The summed E-state index contributed by atoms with van der Waals surface area (Å²) in [7, 11) is 0. The molecule has 2 aromatic rings. The summed E-state index contributed by atoms with van der Waals surface area (Å²) in [5.74, 6) is 0.494. The minimum Gasteiger partial charge on any atom is -0.425 e. The van der Waals surface area contributed by atoms with Crippen LogP contribution >= 0.6 is 0 Å². The molecule has 0 spiro atoms. The molecule has 3 rings (SSSR count). The number of fused-ring (bicyclic) bond motifs is 1. The Morgan fingerprint density at radius 2 is 1.75 bits per heavy atom. The van der Waals surface area contributed by atoms with Crippen molar-refractivity contribution in [1.29, 1.82) is 0 Å². The van der Waals surface area contributed by atoms with Gasteiger partial charge in [-0.3, -0.25) is 9.69 Å². The van der Waals surface area contributed by atoms with E-state index in [1.54, 1.807) is 0 Å². The van der Waals surface area contributed by atoms with Crippen LogP contribution in [-0.2, 0) is 4.79 Å². The van der Waals surface area contributed by atoms with Gasteiger partial charge < -0.3 is 4.74 Å². The number of carbonyl (C=O) groups is 1. The van der Waals surface area contributed by atoms with E-state index in [2.05, 4.69) is 4.90 Å². The number of carbonyl (C=O) groups excluding carboxylic acids is 1. The summed E-state index contributed by atoms with van der Waals surface area (Å²) >= 11 is 0. The fourth-order valence-electron chi connectivity index (χ4n) is 2.74. The number of rotatable bonds is 3. The summed E-state index contributed by atoms with van der Waals surface area (Å²) in [4.78, 5) is 14.2. The zero-order chi connectivity index (χ0) is 13.8. The van der Waals surface area contributed by atoms with Crippen LogP contribution in [0.15, 0.2) is 42.5 Å². The molecule has 0 radical (unpaired) electrons. The maximum Gasteiger partial charge on any atom is 0.325 e. The predicted molar refractivity (Wildman–Crippen MR) is 79.9 cm³/mol. The summed E-state index contributed by atoms with van der Waals surface area (Å²) in [6.07, 6.45) is 3.64. The molecule has 0 bridgehead atoms. The fraction of sp³-hybridized carbons (Fsp3) is 0.353. The highest BCUT2D eigenvalue weighted by Gasteiger charge is 2.15. The van der Waals surface area contributed by atoms with Gasteiger partial charge in [0.1, 0.15) is 5.75 Å². The number of ether oxygens (including phenoxy) is 1. The minimum absolute atomic E-state index is 0.164. The average molecular weight is 269 g/mol. The van der Waals surface area contributed by atoms with Crippen molar-refractivity contribution in [1.82, 2.24) is 4.90 Å². The normalized spacial score (nSPS) is 16.2. The monoisotopic (exact) mass is 269 g/mol. The predicted octanol–water partition coefficient (Wildman–Crippen LogP) is 3.23. The highest BCUT2D eigenvalue weighted by atomic mass is 16.5. The third kappa shape index (κ3) is 2.99. The number of esters is 1. The number of hydrogen-bond donors (Lipinski definition) is 0. The van der Waals surface area contributed by atoms with Crippen LogP contribution in [0, 0.1) is 0 Å². The zero-order valence-electron chi connectivity index (χ0n) is 11.5. The lowest BCUT2D eigenvalue weighted by Crippen LogP contribution is -2.36. The minimum atomic E-state index is -0.164. The topological polar surface area (TPSA) is 29.5 Å². The molecule has 0 amide bonds. The van der Waals surface area contributed by atoms with Crippen LogP contribution < -0.4 is 4.74 Å². The lowest BCUT2D eigenvalue weighted by molar-refractivity contribution is -0.135. The van der Waals surface area contributed by atoms with Gasteiger partial charge in [-0.1, -0.05) is 42.8 Å². The Bertz CT molecular complexity index is 597. The first-order chi connectivity index (χ1) is 9.83. The molecular formula is C17H19NO2. The first-order valence-electron chi connectivity index (χ1n) is 7.24. The number of piperidine rings is 1. The number of likely N-dealkylation sites (tertiary alicyclic amines) is 1. The van der Waals surface area contributed by atoms with Crippen molar-refractivity contribution in [2.75, 3.05) is 19.6 Å². The molecule has 20 heavy (non-hydrogen) atoms. The molecule has 0 aliphatic carbocycles. The van der Waals surface area contributed by atoms with Gasteiger partial charge in [0.05, 0.1) is 6.54 Å². The largest absolute Gasteiger partial charge is 0.425 e. The standard InChI is InChI=1S/C17H19NO2/c19-17(13-18-11-4-1-5-12-18)20-16-10-6-8-14-7-2-3-9-15(14)16/h2-3,6-10H,1,4-5,11-13H2. The molecule has 0 saturated carbocycles. The summed E-state index contributed by atoms with van der Waals surface area (Å²) < 4.78 is 5.55. The van der Waals surface area contributed by atoms with E-state index in [4.69, 9.17) is 4.74 Å². The lowest BCUT2D eigenvalue weighted by Gasteiger charge is -2.25. The summed E-state index contributed by atoms with van der Waals surface area (Å²) in [5.41, 5.74) is 0. The zero-order valence-corrected chi connectivity index (χ0v) is 11.5. The summed E-state index contributed by atoms with van der Waals surface area (Å²) in [6.45, 7) is 2.40. The Morgan fingerprint density at radius 3 is 2.60 bits per heavy atom. The van der Waals surface area contributed by atoms with E-state index in [1.807, 2.05) is 42.5 Å². The van der Waals surface area contributed by atoms with E-state index in [1.165, 1.54) is 19.3 Å². The van der Waals surface area contributed by atoms with E-state index in [0.717, 1.165) is 23.9 Å². The van der Waals surface area contributed by atoms with Crippen molar-refractivity contribution in [2.45, 2.75) is 19.3 Å². The first-order valence-corrected chi connectivity index (χ1v) is 7.24. The third-order valence-electron chi connectivity index (χ3n) is 3.77. The van der Waals surface area contributed by atoms with E-state index >= 15 is 0 Å². The van der Waals surface area contributed by atoms with Gasteiger partial charge in [-0.25, -0.2) is 0 Å². The van der Waals surface area contributed by atoms with Crippen LogP contribution in [0.5, 0.6) is 5.75 Å². The van der Waals surface area contributed by atoms with Crippen LogP contribution in [0.1, 0.15) is 19.3 Å². The van der Waals surface area contributed by atoms with Gasteiger partial charge in [-0.15, -0.1) is 0 Å². The van der Waals surface area contributed by atoms with Gasteiger partial charge in [-0.2, -0.15) is 0 Å². The van der Waals surface area contributed by atoms with Crippen LogP contribution in [0.4, 0.5) is 0 Å². The maximum absolute atomic E-state index is 12.1. The molecule has 3 heteroatoms. The summed E-state index contributed by atoms with van der Waals surface area (Å²) in [6, 6.07) is 13.8. The SMILES string of the molecule is O=C(CN1CCCCC1)Oc1cccc2ccccc12. The van der Waals surface area contributed by atoms with Gasteiger partial charge in [0, 0.05) is 5.39 Å². The molecule has 2 aromatic carbocycles. The highest BCUT2D eigenvalue weighted by molar-refractivity contribution is 5.90. The van der Waals surface area contributed by atoms with Gasteiger partial charge in [0.2, 0.25) is 0 Å². The van der Waals surface area contributed by atoms with Gasteiger partial charge in [0.25, 0.3) is 0 Å². The van der Waals surface area contributed by atoms with Crippen molar-refractivity contribution in [3.63, 3.8) is 0 Å². The van der Waals surface area contributed by atoms with Crippen molar-refractivity contribution in [3.05, 3.63) is 42.5 Å². The molecule has 0 aromatic heterocycles. The Kier molecular flexibility index (Phi) is 3.97. The van der Waals surface area contributed by atoms with Crippen molar-refractivity contribution in [3.8, 4) is 5.75 Å². The lowest BCUT2D eigenvalue weighted by atomic mass is 10.1. The molecule has 0 atom stereocenters. The second-order valence-electron chi connectivity index (χ2n) is 5.29. The molecule has 1 aliphatic rings. The van der Waals surface area contributed by atoms with E-state index in [9.17, 15) is 4.79 Å². The Hall–Kier alpha value is -1.87. The second kappa shape index (κ2) is 6.06. The first kappa shape index (κ1) is 13.1. The van der Waals surface area contributed by atoms with E-state index in [0.29, 0.717) is 12.3 Å². The fourth-order valence-corrected chi connectivity index (χ4v) is 2.74. The van der Waals surface area contributed by atoms with Gasteiger partial charge in [0.15, 0.2) is 0 Å². The van der Waals surface area contributed by atoms with Gasteiger partial charge >= 0.3 is 5.97 Å². The molecule has 3 nitrogen and oxygen atoms in total. The van der Waals surface area contributed by atoms with Crippen LogP contribution in [-0.4, -0.2) is 30.5 Å². The number of hydrogen-bond acceptors (Lipinski definition) is 3. The molecule has 1 aliphatic heterocycles. The van der Waals surface area contributed by atoms with Crippen molar-refractivity contribution < 1.29 is 9.53 Å². The number of benzene rings is 2. The van der Waals surface area contributed by atoms with Crippen LogP contribution in [0.2, 0.25) is 0 Å². The average Bonchev–Trinajstić information content (AvgIpc) is 2.48. The highest BCUT2D eigenvalue weighted by Crippen LogP contribution is 2.25. The van der Waals surface area contributed by atoms with Crippen molar-refractivity contribution in [2.24, 2.45) is 0 Å². The molecule has 104 valence electrons. The molecule has 1 fully saturated rings. The van der Waals surface area contributed by atoms with Gasteiger partial charge in [-0.05, 0) is 37.4 Å². The van der Waals surface area contributed by atoms with Crippen molar-refractivity contribution >= 4 is 16.7 Å². The molecule has 0 unspecified atom stereocenters.